The van der Waals surface area contributed by atoms with Gasteiger partial charge in [-0.3, -0.25) is 14.4 Å². The Hall–Kier alpha value is -5.44. The number of anilines is 1. The van der Waals surface area contributed by atoms with E-state index in [9.17, 15) is 27.6 Å². The molecule has 3 aromatic carbocycles. The van der Waals surface area contributed by atoms with Crippen molar-refractivity contribution in [1.82, 2.24) is 30.1 Å². The van der Waals surface area contributed by atoms with Crippen LogP contribution in [0.1, 0.15) is 58.7 Å². The minimum absolute atomic E-state index is 0.00521. The lowest BCUT2D eigenvalue weighted by atomic mass is 9.92. The Morgan fingerprint density at radius 2 is 1.65 bits per heavy atom. The lowest BCUT2D eigenvalue weighted by Crippen LogP contribution is -2.51. The third-order valence-electron chi connectivity index (χ3n) is 9.12. The fraction of sp³-hybridized carbons (Fsp3) is 0.385. The summed E-state index contributed by atoms with van der Waals surface area (Å²) in [5.41, 5.74) is 3.31. The lowest BCUT2D eigenvalue weighted by Gasteiger charge is -2.35. The minimum Gasteiger partial charge on any atom is -0.492 e. The van der Waals surface area contributed by atoms with Crippen LogP contribution in [-0.2, 0) is 35.5 Å². The SMILES string of the molecule is CC1(C)CNC(=O)c2ccc(cc2)Cc2nc(nc(OCC(F)(F)F)n2)NCc2ccc(c(Cl)c2)OCCCN(C(=O)C(=O)N2CCc3ccccc3C2)C1. The minimum atomic E-state index is -4.60. The van der Waals surface area contributed by atoms with E-state index in [1.54, 1.807) is 47.4 Å². The molecule has 9 rings (SSSR count). The molecule has 0 radical (unpaired) electrons. The summed E-state index contributed by atoms with van der Waals surface area (Å²) in [7, 11) is 0. The van der Waals surface area contributed by atoms with Crippen molar-refractivity contribution in [1.29, 1.82) is 0 Å². The first-order valence-corrected chi connectivity index (χ1v) is 18.2. The maximum atomic E-state index is 13.9. The number of carbonyl (C=O) groups excluding carboxylic acids is 3. The van der Waals surface area contributed by atoms with Gasteiger partial charge in [-0.25, -0.2) is 0 Å². The molecule has 0 unspecified atom stereocenters. The first kappa shape index (κ1) is 39.3. The van der Waals surface area contributed by atoms with Gasteiger partial charge in [0, 0.05) is 51.3 Å². The van der Waals surface area contributed by atoms with Crippen LogP contribution in [0, 0.1) is 5.41 Å². The zero-order valence-electron chi connectivity index (χ0n) is 30.4. The highest BCUT2D eigenvalue weighted by Crippen LogP contribution is 2.27. The van der Waals surface area contributed by atoms with E-state index in [1.807, 2.05) is 38.1 Å². The molecule has 16 heteroatoms. The number of halogens is 4. The molecule has 4 aromatic rings. The summed E-state index contributed by atoms with van der Waals surface area (Å²) < 4.78 is 49.6. The van der Waals surface area contributed by atoms with Crippen molar-refractivity contribution >= 4 is 35.3 Å². The van der Waals surface area contributed by atoms with Crippen molar-refractivity contribution in [3.63, 3.8) is 0 Å². The van der Waals surface area contributed by atoms with Crippen LogP contribution in [0.25, 0.3) is 0 Å². The average molecular weight is 780 g/mol. The Bertz CT molecular complexity index is 2030. The predicted molar refractivity (Wildman–Crippen MR) is 198 cm³/mol. The van der Waals surface area contributed by atoms with Crippen molar-refractivity contribution in [3.05, 3.63) is 105 Å². The molecule has 290 valence electrons. The van der Waals surface area contributed by atoms with Crippen molar-refractivity contribution in [3.8, 4) is 11.8 Å². The van der Waals surface area contributed by atoms with Gasteiger partial charge in [0.25, 0.3) is 5.91 Å². The maximum Gasteiger partial charge on any atom is 0.422 e. The molecule has 6 heterocycles. The van der Waals surface area contributed by atoms with Gasteiger partial charge in [-0.2, -0.15) is 28.1 Å². The molecule has 0 atom stereocenters. The summed E-state index contributed by atoms with van der Waals surface area (Å²) >= 11 is 6.56. The highest BCUT2D eigenvalue weighted by Gasteiger charge is 2.33. The van der Waals surface area contributed by atoms with Crippen LogP contribution in [0.2, 0.25) is 5.02 Å². The molecular weight excluding hydrogens is 739 g/mol. The molecule has 0 saturated carbocycles. The number of nitrogens with one attached hydrogen (secondary N) is 2. The Morgan fingerprint density at radius 3 is 2.40 bits per heavy atom. The van der Waals surface area contributed by atoms with Crippen LogP contribution >= 0.6 is 11.6 Å². The van der Waals surface area contributed by atoms with Crippen LogP contribution in [-0.4, -0.2) is 88.0 Å². The third-order valence-corrected chi connectivity index (χ3v) is 9.41. The van der Waals surface area contributed by atoms with E-state index >= 15 is 0 Å². The second-order valence-electron chi connectivity index (χ2n) is 14.3. The van der Waals surface area contributed by atoms with Crippen LogP contribution in [0.4, 0.5) is 19.1 Å². The lowest BCUT2D eigenvalue weighted by molar-refractivity contribution is -0.154. The van der Waals surface area contributed by atoms with Gasteiger partial charge in [-0.05, 0) is 64.8 Å². The van der Waals surface area contributed by atoms with Crippen molar-refractivity contribution < 1.29 is 37.0 Å². The predicted octanol–water partition coefficient (Wildman–Crippen LogP) is 5.62. The molecule has 5 aliphatic rings. The van der Waals surface area contributed by atoms with Crippen molar-refractivity contribution in [2.24, 2.45) is 5.41 Å². The quantitative estimate of drug-likeness (QED) is 0.248. The molecule has 0 aliphatic carbocycles. The Labute approximate surface area is 321 Å². The van der Waals surface area contributed by atoms with Gasteiger partial charge in [0.2, 0.25) is 5.95 Å². The molecule has 5 aliphatic heterocycles. The molecule has 1 aromatic heterocycles. The zero-order chi connectivity index (χ0) is 39.2. The topological polar surface area (TPSA) is 139 Å². The fourth-order valence-electron chi connectivity index (χ4n) is 6.30. The molecule has 0 spiro atoms. The van der Waals surface area contributed by atoms with E-state index in [-0.39, 0.29) is 56.9 Å². The maximum absolute atomic E-state index is 13.9. The number of hydrogen-bond acceptors (Lipinski definition) is 9. The third kappa shape index (κ3) is 10.8. The van der Waals surface area contributed by atoms with Gasteiger partial charge in [-0.1, -0.05) is 67.9 Å². The second kappa shape index (κ2) is 16.9. The van der Waals surface area contributed by atoms with E-state index in [0.29, 0.717) is 53.4 Å². The van der Waals surface area contributed by atoms with Gasteiger partial charge < -0.3 is 29.9 Å². The smallest absolute Gasteiger partial charge is 0.422 e. The molecule has 2 N–H and O–H groups in total. The number of benzene rings is 3. The van der Waals surface area contributed by atoms with E-state index < -0.39 is 36.0 Å². The van der Waals surface area contributed by atoms with Crippen LogP contribution in [0.3, 0.4) is 0 Å². The van der Waals surface area contributed by atoms with Crippen molar-refractivity contribution in [2.75, 3.05) is 44.7 Å². The van der Waals surface area contributed by atoms with Gasteiger partial charge >= 0.3 is 24.0 Å². The van der Waals surface area contributed by atoms with Crippen LogP contribution in [0.15, 0.2) is 66.7 Å². The average Bonchev–Trinajstić information content (AvgIpc) is 3.16. The summed E-state index contributed by atoms with van der Waals surface area (Å²) in [5.74, 6) is -0.997. The summed E-state index contributed by atoms with van der Waals surface area (Å²) in [6.07, 6.45) is -3.44. The summed E-state index contributed by atoms with van der Waals surface area (Å²) in [6.45, 7) is 3.98. The largest absolute Gasteiger partial charge is 0.492 e. The van der Waals surface area contributed by atoms with Gasteiger partial charge in [0.05, 0.1) is 11.6 Å². The first-order chi connectivity index (χ1) is 26.2. The summed E-state index contributed by atoms with van der Waals surface area (Å²) in [4.78, 5) is 56.3. The Kier molecular flexibility index (Phi) is 12.1. The first-order valence-electron chi connectivity index (χ1n) is 17.8. The molecule has 0 saturated heterocycles. The van der Waals surface area contributed by atoms with Crippen LogP contribution < -0.4 is 20.1 Å². The number of fused-ring (bicyclic) bond motifs is 1. The summed E-state index contributed by atoms with van der Waals surface area (Å²) in [5, 5.41) is 6.25. The van der Waals surface area contributed by atoms with E-state index in [0.717, 1.165) is 5.56 Å². The van der Waals surface area contributed by atoms with Gasteiger partial charge in [0.15, 0.2) is 6.61 Å². The second-order valence-corrected chi connectivity index (χ2v) is 14.7. The number of aromatic nitrogens is 3. The fourth-order valence-corrected chi connectivity index (χ4v) is 6.56. The van der Waals surface area contributed by atoms with Gasteiger partial charge in [-0.15, -0.1) is 0 Å². The number of carbonyl (C=O) groups is 3. The number of nitrogens with zero attached hydrogens (tertiary/aromatic N) is 5. The normalized spacial score (nSPS) is 16.6. The van der Waals surface area contributed by atoms with Crippen molar-refractivity contribution in [2.45, 2.75) is 52.4 Å². The van der Waals surface area contributed by atoms with Gasteiger partial charge in [0.1, 0.15) is 11.6 Å². The molecule has 3 amide bonds. The zero-order valence-corrected chi connectivity index (χ0v) is 31.2. The molecule has 12 nitrogen and oxygen atoms in total. The number of rotatable bonds is 2. The molecule has 6 bridgehead atoms. The van der Waals surface area contributed by atoms with Crippen LogP contribution in [0.5, 0.6) is 11.8 Å². The van der Waals surface area contributed by atoms with E-state index in [4.69, 9.17) is 21.1 Å². The molecular formula is C39H41ClF3N7O5. The monoisotopic (exact) mass is 779 g/mol. The van der Waals surface area contributed by atoms with E-state index in [1.165, 1.54) is 10.5 Å². The standard InChI is InChI=1S/C39H41ClF3N7O5/c1-38(2)22-45-33(51)28-11-8-25(9-12-28)19-32-46-36(48-37(47-32)55-24-39(41,42)43)44-20-26-10-13-31(30(40)18-26)54-17-5-15-50(23-38)35(53)34(52)49-16-14-27-6-3-4-7-29(27)21-49/h3-4,6-13,18H,5,14-17,19-24H2,1-2H3,(H,45,51)(H,44,46,47,48). The molecule has 55 heavy (non-hydrogen) atoms. The highest BCUT2D eigenvalue weighted by atomic mass is 35.5. The highest BCUT2D eigenvalue weighted by molar-refractivity contribution is 6.35. The number of ether oxygens (including phenoxy) is 2. The van der Waals surface area contributed by atoms with E-state index in [2.05, 4.69) is 25.6 Å². The summed E-state index contributed by atoms with van der Waals surface area (Å²) in [6, 6.07) is 19.2. The number of amides is 3. The Morgan fingerprint density at radius 1 is 0.927 bits per heavy atom. The number of hydrogen-bond donors (Lipinski definition) is 2. The number of alkyl halides is 3. The Balaban J connectivity index is 1.22. The molecule has 0 fully saturated rings.